The molecule has 0 bridgehead atoms. The van der Waals surface area contributed by atoms with Crippen molar-refractivity contribution in [2.75, 3.05) is 19.8 Å². The van der Waals surface area contributed by atoms with Gasteiger partial charge in [-0.05, 0) is 30.9 Å². The van der Waals surface area contributed by atoms with Gasteiger partial charge < -0.3 is 15.4 Å². The van der Waals surface area contributed by atoms with Crippen LogP contribution in [-0.4, -0.2) is 36.1 Å². The van der Waals surface area contributed by atoms with E-state index in [0.29, 0.717) is 24.7 Å². The number of carbonyl (C=O) groups is 1. The zero-order valence-corrected chi connectivity index (χ0v) is 12.1. The maximum Gasteiger partial charge on any atom is 0.245 e. The third-order valence-corrected chi connectivity index (χ3v) is 4.60. The average Bonchev–Trinajstić information content (AvgIpc) is 3.08. The highest BCUT2D eigenvalue weighted by Gasteiger charge is 2.44. The van der Waals surface area contributed by atoms with Crippen molar-refractivity contribution >= 4 is 17.5 Å². The lowest BCUT2D eigenvalue weighted by Gasteiger charge is -2.32. The number of ether oxygens (including phenoxy) is 1. The van der Waals surface area contributed by atoms with Crippen LogP contribution in [0.5, 0.6) is 0 Å². The Morgan fingerprint density at radius 2 is 2.25 bits per heavy atom. The third-order valence-electron chi connectivity index (χ3n) is 4.26. The highest BCUT2D eigenvalue weighted by Crippen LogP contribution is 2.37. The van der Waals surface area contributed by atoms with Crippen LogP contribution in [0.25, 0.3) is 0 Å². The minimum absolute atomic E-state index is 0.00239. The van der Waals surface area contributed by atoms with Gasteiger partial charge in [-0.2, -0.15) is 0 Å². The van der Waals surface area contributed by atoms with E-state index in [9.17, 15) is 4.79 Å². The van der Waals surface area contributed by atoms with Crippen molar-refractivity contribution in [1.29, 1.82) is 0 Å². The Balaban J connectivity index is 1.86. The van der Waals surface area contributed by atoms with Gasteiger partial charge in [-0.25, -0.2) is 0 Å². The molecule has 0 aromatic heterocycles. The van der Waals surface area contributed by atoms with Crippen molar-refractivity contribution in [3.63, 3.8) is 0 Å². The predicted molar refractivity (Wildman–Crippen MR) is 77.5 cm³/mol. The molecule has 5 heteroatoms. The molecule has 0 radical (unpaired) electrons. The molecule has 2 unspecified atom stereocenters. The van der Waals surface area contributed by atoms with Crippen molar-refractivity contribution in [2.24, 2.45) is 5.73 Å². The van der Waals surface area contributed by atoms with Crippen LogP contribution in [-0.2, 0) is 9.53 Å². The first-order valence-electron chi connectivity index (χ1n) is 7.04. The van der Waals surface area contributed by atoms with Crippen LogP contribution in [0.1, 0.15) is 30.9 Å². The Morgan fingerprint density at radius 1 is 1.45 bits per heavy atom. The smallest absolute Gasteiger partial charge is 0.245 e. The largest absolute Gasteiger partial charge is 0.379 e. The molecule has 20 heavy (non-hydrogen) atoms. The Kier molecular flexibility index (Phi) is 3.71. The zero-order valence-electron chi connectivity index (χ0n) is 11.3. The van der Waals surface area contributed by atoms with Gasteiger partial charge in [0.1, 0.15) is 5.54 Å². The molecule has 0 spiro atoms. The third kappa shape index (κ3) is 2.32. The van der Waals surface area contributed by atoms with Crippen LogP contribution < -0.4 is 5.73 Å². The number of amides is 1. The van der Waals surface area contributed by atoms with Gasteiger partial charge >= 0.3 is 0 Å². The number of nitrogens with two attached hydrogens (primary N) is 1. The molecular weight excluding hydrogens is 276 g/mol. The first-order chi connectivity index (χ1) is 9.62. The van der Waals surface area contributed by atoms with E-state index in [0.717, 1.165) is 24.9 Å². The van der Waals surface area contributed by atoms with Gasteiger partial charge in [0.25, 0.3) is 0 Å². The van der Waals surface area contributed by atoms with Crippen LogP contribution in [0.3, 0.4) is 0 Å². The quantitative estimate of drug-likeness (QED) is 0.909. The number of hydrogen-bond acceptors (Lipinski definition) is 3. The Bertz CT molecular complexity index is 514. The molecule has 2 fully saturated rings. The van der Waals surface area contributed by atoms with Crippen molar-refractivity contribution in [1.82, 2.24) is 4.90 Å². The number of rotatable bonds is 2. The maximum atomic E-state index is 12.7. The van der Waals surface area contributed by atoms with Gasteiger partial charge in [0.15, 0.2) is 0 Å². The molecule has 108 valence electrons. The van der Waals surface area contributed by atoms with E-state index >= 15 is 0 Å². The zero-order chi connectivity index (χ0) is 14.2. The molecule has 2 aliphatic rings. The maximum absolute atomic E-state index is 12.7. The van der Waals surface area contributed by atoms with Gasteiger partial charge in [-0.15, -0.1) is 0 Å². The van der Waals surface area contributed by atoms with Crippen LogP contribution in [0.4, 0.5) is 0 Å². The van der Waals surface area contributed by atoms with Crippen molar-refractivity contribution in [2.45, 2.75) is 30.8 Å². The van der Waals surface area contributed by atoms with Crippen LogP contribution in [0.2, 0.25) is 5.02 Å². The molecule has 0 aliphatic carbocycles. The molecular formula is C15H19ClN2O2. The molecule has 1 aromatic carbocycles. The fraction of sp³-hybridized carbons (Fsp3) is 0.533. The lowest BCUT2D eigenvalue weighted by molar-refractivity contribution is -0.138. The topological polar surface area (TPSA) is 55.6 Å². The molecule has 2 aliphatic heterocycles. The van der Waals surface area contributed by atoms with E-state index in [1.807, 2.05) is 29.2 Å². The molecule has 2 N–H and O–H groups in total. The average molecular weight is 295 g/mol. The van der Waals surface area contributed by atoms with E-state index in [1.165, 1.54) is 0 Å². The summed E-state index contributed by atoms with van der Waals surface area (Å²) in [6.07, 6.45) is 2.52. The second-order valence-corrected chi connectivity index (χ2v) is 6.04. The molecule has 4 nitrogen and oxygen atoms in total. The fourth-order valence-corrected chi connectivity index (χ4v) is 3.38. The predicted octanol–water partition coefficient (Wildman–Crippen LogP) is 2.12. The second-order valence-electron chi connectivity index (χ2n) is 5.64. The monoisotopic (exact) mass is 294 g/mol. The van der Waals surface area contributed by atoms with Crippen LogP contribution in [0.15, 0.2) is 24.3 Å². The summed E-state index contributed by atoms with van der Waals surface area (Å²) in [5.41, 5.74) is 6.37. The van der Waals surface area contributed by atoms with Gasteiger partial charge in [0.2, 0.25) is 5.91 Å². The second kappa shape index (κ2) is 5.35. The van der Waals surface area contributed by atoms with Gasteiger partial charge in [0.05, 0.1) is 12.6 Å². The van der Waals surface area contributed by atoms with E-state index in [-0.39, 0.29) is 11.9 Å². The summed E-state index contributed by atoms with van der Waals surface area (Å²) in [5, 5.41) is 0.714. The molecule has 0 saturated carbocycles. The number of likely N-dealkylation sites (tertiary alicyclic amines) is 1. The first-order valence-corrected chi connectivity index (χ1v) is 7.42. The minimum Gasteiger partial charge on any atom is -0.379 e. The summed E-state index contributed by atoms with van der Waals surface area (Å²) >= 11 is 6.27. The molecule has 1 amide bonds. The Labute approximate surface area is 123 Å². The number of hydrogen-bond donors (Lipinski definition) is 1. The summed E-state index contributed by atoms with van der Waals surface area (Å²) in [6, 6.07) is 7.76. The summed E-state index contributed by atoms with van der Waals surface area (Å²) in [4.78, 5) is 14.6. The van der Waals surface area contributed by atoms with Crippen LogP contribution >= 0.6 is 11.6 Å². The number of halogens is 1. The van der Waals surface area contributed by atoms with E-state index < -0.39 is 5.54 Å². The van der Waals surface area contributed by atoms with Gasteiger partial charge in [0, 0.05) is 18.2 Å². The molecule has 2 saturated heterocycles. The minimum atomic E-state index is -0.857. The lowest BCUT2D eigenvalue weighted by atomic mass is 9.96. The number of carbonyl (C=O) groups excluding carboxylic acids is 1. The SMILES string of the molecule is NC1(C(=O)N2CCCC2c2ccccc2Cl)CCOC1. The highest BCUT2D eigenvalue weighted by atomic mass is 35.5. The van der Waals surface area contributed by atoms with Crippen LogP contribution in [0, 0.1) is 0 Å². The van der Waals surface area contributed by atoms with Gasteiger partial charge in [-0.1, -0.05) is 29.8 Å². The summed E-state index contributed by atoms with van der Waals surface area (Å²) in [6.45, 7) is 1.62. The van der Waals surface area contributed by atoms with E-state index in [1.54, 1.807) is 0 Å². The standard InChI is InChI=1S/C15H19ClN2O2/c16-12-5-2-1-4-11(12)13-6-3-8-18(13)14(19)15(17)7-9-20-10-15/h1-2,4-5,13H,3,6-10,17H2. The van der Waals surface area contributed by atoms with Crippen molar-refractivity contribution in [3.05, 3.63) is 34.9 Å². The number of nitrogens with zero attached hydrogens (tertiary/aromatic N) is 1. The molecule has 2 heterocycles. The summed E-state index contributed by atoms with van der Waals surface area (Å²) < 4.78 is 5.31. The summed E-state index contributed by atoms with van der Waals surface area (Å²) in [5.74, 6) is -0.00239. The van der Waals surface area contributed by atoms with Crippen molar-refractivity contribution in [3.8, 4) is 0 Å². The Hall–Kier alpha value is -1.10. The lowest BCUT2D eigenvalue weighted by Crippen LogP contribution is -2.55. The number of benzene rings is 1. The van der Waals surface area contributed by atoms with Gasteiger partial charge in [-0.3, -0.25) is 4.79 Å². The molecule has 1 aromatic rings. The summed E-state index contributed by atoms with van der Waals surface area (Å²) in [7, 11) is 0. The Morgan fingerprint density at radius 3 is 2.95 bits per heavy atom. The first kappa shape index (κ1) is 13.9. The fourth-order valence-electron chi connectivity index (χ4n) is 3.11. The van der Waals surface area contributed by atoms with Crippen molar-refractivity contribution < 1.29 is 9.53 Å². The van der Waals surface area contributed by atoms with E-state index in [4.69, 9.17) is 22.1 Å². The molecule has 3 rings (SSSR count). The van der Waals surface area contributed by atoms with E-state index in [2.05, 4.69) is 0 Å². The molecule has 2 atom stereocenters. The normalized spacial score (nSPS) is 29.9. The highest BCUT2D eigenvalue weighted by molar-refractivity contribution is 6.31.